The number of halogens is 4. The summed E-state index contributed by atoms with van der Waals surface area (Å²) in [5, 5.41) is 0. The lowest BCUT2D eigenvalue weighted by Gasteiger charge is -2.11. The van der Waals surface area contributed by atoms with Crippen LogP contribution in [0.3, 0.4) is 0 Å². The van der Waals surface area contributed by atoms with Crippen LogP contribution in [0.5, 0.6) is 0 Å². The number of nitrogens with zero attached hydrogens (tertiary/aromatic N) is 1. The molecule has 0 radical (unpaired) electrons. The van der Waals surface area contributed by atoms with E-state index < -0.39 is 17.6 Å². The maximum Gasteiger partial charge on any atom is 0.419 e. The molecule has 0 aliphatic rings. The highest BCUT2D eigenvalue weighted by molar-refractivity contribution is 5.31. The summed E-state index contributed by atoms with van der Waals surface area (Å²) in [6.07, 6.45) is -3.92. The topological polar surface area (TPSA) is 12.9 Å². The summed E-state index contributed by atoms with van der Waals surface area (Å²) in [4.78, 5) is 4.27. The van der Waals surface area contributed by atoms with Crippen LogP contribution in [0.2, 0.25) is 0 Å². The predicted octanol–water partition coefficient (Wildman–Crippen LogP) is 4.39. The van der Waals surface area contributed by atoms with Gasteiger partial charge in [-0.15, -0.1) is 0 Å². The molecule has 1 nitrogen and oxygen atoms in total. The zero-order valence-electron chi connectivity index (χ0n) is 10.8. The van der Waals surface area contributed by atoms with Gasteiger partial charge in [-0.25, -0.2) is 4.39 Å². The van der Waals surface area contributed by atoms with Gasteiger partial charge < -0.3 is 0 Å². The van der Waals surface area contributed by atoms with Crippen LogP contribution in [0.1, 0.15) is 29.4 Å². The molecule has 5 heteroatoms. The lowest BCUT2D eigenvalue weighted by atomic mass is 10.0. The molecule has 2 rings (SSSR count). The van der Waals surface area contributed by atoms with E-state index in [-0.39, 0.29) is 12.0 Å². The predicted molar refractivity (Wildman–Crippen MR) is 67.8 cm³/mol. The second kappa shape index (κ2) is 5.61. The van der Waals surface area contributed by atoms with E-state index in [0.717, 1.165) is 18.2 Å². The van der Waals surface area contributed by atoms with Crippen LogP contribution in [-0.4, -0.2) is 4.98 Å². The Morgan fingerprint density at radius 2 is 1.65 bits per heavy atom. The molecular weight excluding hydrogens is 270 g/mol. The average molecular weight is 283 g/mol. The molecule has 1 aromatic carbocycles. The molecule has 0 N–H and O–H groups in total. The molecule has 0 spiro atoms. The van der Waals surface area contributed by atoms with Crippen molar-refractivity contribution in [1.82, 2.24) is 4.98 Å². The first-order valence-corrected chi connectivity index (χ1v) is 6.21. The molecule has 1 heterocycles. The van der Waals surface area contributed by atoms with Crippen LogP contribution in [0.25, 0.3) is 0 Å². The van der Waals surface area contributed by atoms with Gasteiger partial charge in [0, 0.05) is 17.8 Å². The Morgan fingerprint density at radius 1 is 1.00 bits per heavy atom. The number of alkyl halides is 3. The molecule has 0 aliphatic carbocycles. The lowest BCUT2D eigenvalue weighted by Crippen LogP contribution is -2.10. The van der Waals surface area contributed by atoms with Crippen molar-refractivity contribution < 1.29 is 17.6 Å². The molecule has 0 bridgehead atoms. The summed E-state index contributed by atoms with van der Waals surface area (Å²) in [6.45, 7) is 1.93. The second-order valence-corrected chi connectivity index (χ2v) is 4.43. The fourth-order valence-corrected chi connectivity index (χ4v) is 1.95. The second-order valence-electron chi connectivity index (χ2n) is 4.43. The molecule has 20 heavy (non-hydrogen) atoms. The van der Waals surface area contributed by atoms with Gasteiger partial charge in [0.15, 0.2) is 0 Å². The lowest BCUT2D eigenvalue weighted by molar-refractivity contribution is -0.140. The number of pyridine rings is 1. The molecule has 0 amide bonds. The summed E-state index contributed by atoms with van der Waals surface area (Å²) in [5.74, 6) is -1.22. The minimum absolute atomic E-state index is 0.000535. The maximum absolute atomic E-state index is 13.9. The Hall–Kier alpha value is -1.91. The van der Waals surface area contributed by atoms with E-state index in [9.17, 15) is 17.6 Å². The minimum Gasteiger partial charge on any atom is -0.258 e. The number of benzene rings is 1. The van der Waals surface area contributed by atoms with E-state index in [2.05, 4.69) is 4.98 Å². The van der Waals surface area contributed by atoms with Gasteiger partial charge in [0.2, 0.25) is 0 Å². The van der Waals surface area contributed by atoms with Crippen LogP contribution in [0.15, 0.2) is 36.4 Å². The number of aromatic nitrogens is 1. The summed E-state index contributed by atoms with van der Waals surface area (Å²) in [5.41, 5.74) is 0.152. The van der Waals surface area contributed by atoms with Crippen molar-refractivity contribution in [1.29, 1.82) is 0 Å². The molecule has 0 fully saturated rings. The van der Waals surface area contributed by atoms with E-state index in [1.807, 2.05) is 13.0 Å². The molecule has 0 unspecified atom stereocenters. The normalized spacial score (nSPS) is 11.7. The van der Waals surface area contributed by atoms with Gasteiger partial charge in [0.05, 0.1) is 5.56 Å². The summed E-state index contributed by atoms with van der Waals surface area (Å²) < 4.78 is 51.8. The van der Waals surface area contributed by atoms with Crippen LogP contribution in [0, 0.1) is 5.82 Å². The summed E-state index contributed by atoms with van der Waals surface area (Å²) in [7, 11) is 0. The smallest absolute Gasteiger partial charge is 0.258 e. The molecule has 0 atom stereocenters. The Labute approximate surface area is 114 Å². The van der Waals surface area contributed by atoms with Crippen molar-refractivity contribution in [2.24, 2.45) is 0 Å². The largest absolute Gasteiger partial charge is 0.419 e. The fraction of sp³-hybridized carbons (Fsp3) is 0.267. The third-order valence-electron chi connectivity index (χ3n) is 2.98. The van der Waals surface area contributed by atoms with Gasteiger partial charge in [-0.1, -0.05) is 25.1 Å². The molecule has 106 valence electrons. The Morgan fingerprint density at radius 3 is 2.30 bits per heavy atom. The first-order chi connectivity index (χ1) is 9.41. The highest BCUT2D eigenvalue weighted by Crippen LogP contribution is 2.32. The van der Waals surface area contributed by atoms with Crippen molar-refractivity contribution in [3.63, 3.8) is 0 Å². The molecule has 0 aliphatic heterocycles. The first kappa shape index (κ1) is 14.5. The standard InChI is InChI=1S/C15H13F4N/c1-2-11-6-4-7-12(20-11)9-10-5-3-8-13(14(10)16)15(17,18)19/h3-8H,2,9H2,1H3. The highest BCUT2D eigenvalue weighted by atomic mass is 19.4. The average Bonchev–Trinajstić information content (AvgIpc) is 2.40. The van der Waals surface area contributed by atoms with Gasteiger partial charge >= 0.3 is 6.18 Å². The van der Waals surface area contributed by atoms with Crippen molar-refractivity contribution in [2.75, 3.05) is 0 Å². The quantitative estimate of drug-likeness (QED) is 0.761. The van der Waals surface area contributed by atoms with Crippen molar-refractivity contribution in [2.45, 2.75) is 25.9 Å². The molecular formula is C15H13F4N. The summed E-state index contributed by atoms with van der Waals surface area (Å²) in [6, 6.07) is 8.59. The zero-order chi connectivity index (χ0) is 14.8. The van der Waals surface area contributed by atoms with Gasteiger partial charge in [-0.3, -0.25) is 4.98 Å². The van der Waals surface area contributed by atoms with Crippen LogP contribution >= 0.6 is 0 Å². The molecule has 0 saturated carbocycles. The van der Waals surface area contributed by atoms with Crippen molar-refractivity contribution in [3.8, 4) is 0 Å². The maximum atomic E-state index is 13.9. The van der Waals surface area contributed by atoms with Gasteiger partial charge in [-0.2, -0.15) is 13.2 Å². The first-order valence-electron chi connectivity index (χ1n) is 6.21. The van der Waals surface area contributed by atoms with E-state index >= 15 is 0 Å². The van der Waals surface area contributed by atoms with Crippen LogP contribution < -0.4 is 0 Å². The number of hydrogen-bond donors (Lipinski definition) is 0. The molecule has 2 aromatic rings. The number of rotatable bonds is 3. The Bertz CT molecular complexity index is 605. The van der Waals surface area contributed by atoms with E-state index in [4.69, 9.17) is 0 Å². The molecule has 0 saturated heterocycles. The molecule has 1 aromatic heterocycles. The fourth-order valence-electron chi connectivity index (χ4n) is 1.95. The number of hydrogen-bond acceptors (Lipinski definition) is 1. The SMILES string of the molecule is CCc1cccc(Cc2cccc(C(F)(F)F)c2F)n1. The van der Waals surface area contributed by atoms with Gasteiger partial charge in [0.1, 0.15) is 5.82 Å². The monoisotopic (exact) mass is 283 g/mol. The summed E-state index contributed by atoms with van der Waals surface area (Å²) >= 11 is 0. The van der Waals surface area contributed by atoms with Crippen LogP contribution in [0.4, 0.5) is 17.6 Å². The van der Waals surface area contributed by atoms with Gasteiger partial charge in [-0.05, 0) is 30.2 Å². The highest BCUT2D eigenvalue weighted by Gasteiger charge is 2.34. The Balaban J connectivity index is 2.34. The third-order valence-corrected chi connectivity index (χ3v) is 2.98. The van der Waals surface area contributed by atoms with E-state index in [1.165, 1.54) is 12.1 Å². The van der Waals surface area contributed by atoms with Gasteiger partial charge in [0.25, 0.3) is 0 Å². The van der Waals surface area contributed by atoms with Crippen LogP contribution in [-0.2, 0) is 19.0 Å². The third kappa shape index (κ3) is 3.15. The zero-order valence-corrected chi connectivity index (χ0v) is 10.8. The van der Waals surface area contributed by atoms with Crippen molar-refractivity contribution >= 4 is 0 Å². The van der Waals surface area contributed by atoms with E-state index in [0.29, 0.717) is 5.69 Å². The van der Waals surface area contributed by atoms with E-state index in [1.54, 1.807) is 12.1 Å². The Kier molecular flexibility index (Phi) is 4.06. The van der Waals surface area contributed by atoms with Crippen molar-refractivity contribution in [3.05, 3.63) is 64.7 Å². The number of aryl methyl sites for hydroxylation is 1. The minimum atomic E-state index is -4.68.